The summed E-state index contributed by atoms with van der Waals surface area (Å²) < 4.78 is 36.8. The molecule has 3 aliphatic heterocycles. The van der Waals surface area contributed by atoms with E-state index in [0.29, 0.717) is 29.8 Å². The summed E-state index contributed by atoms with van der Waals surface area (Å²) in [5.74, 6) is -1.05. The van der Waals surface area contributed by atoms with Crippen LogP contribution in [-0.4, -0.2) is 91.4 Å². The molecule has 7 rings (SSSR count). The monoisotopic (exact) mass is 659 g/mol. The maximum atomic E-state index is 13.8. The quantitative estimate of drug-likeness (QED) is 0.145. The van der Waals surface area contributed by atoms with E-state index >= 15 is 0 Å². The maximum absolute atomic E-state index is 13.8. The Morgan fingerprint density at radius 2 is 1.62 bits per heavy atom. The van der Waals surface area contributed by atoms with Gasteiger partial charge in [0.05, 0.1) is 38.2 Å². The van der Waals surface area contributed by atoms with Crippen molar-refractivity contribution in [2.75, 3.05) is 76.7 Å². The number of aryl methyl sites for hydroxylation is 1. The van der Waals surface area contributed by atoms with Crippen LogP contribution in [0.15, 0.2) is 59.5 Å². The van der Waals surface area contributed by atoms with Gasteiger partial charge in [0, 0.05) is 57.4 Å². The number of carbonyl (C=O) groups excluding carboxylic acids is 1. The molecule has 5 heterocycles. The molecule has 3 saturated heterocycles. The number of hydrogen-bond donors (Lipinski definition) is 1. The number of anilines is 2. The van der Waals surface area contributed by atoms with Crippen LogP contribution >= 0.6 is 0 Å². The van der Waals surface area contributed by atoms with E-state index in [2.05, 4.69) is 10.2 Å². The van der Waals surface area contributed by atoms with Gasteiger partial charge in [-0.2, -0.15) is 0 Å². The Balaban J connectivity index is 1.13. The molecule has 2 aromatic heterocycles. The van der Waals surface area contributed by atoms with Crippen molar-refractivity contribution in [1.29, 1.82) is 0 Å². The first kappa shape index (κ1) is 33.5. The summed E-state index contributed by atoms with van der Waals surface area (Å²) in [7, 11) is 3.70. The first-order chi connectivity index (χ1) is 23.1. The van der Waals surface area contributed by atoms with Crippen molar-refractivity contribution in [2.45, 2.75) is 39.0 Å². The van der Waals surface area contributed by atoms with Gasteiger partial charge in [-0.25, -0.2) is 13.8 Å². The number of amides is 1. The van der Waals surface area contributed by atoms with E-state index in [0.717, 1.165) is 36.3 Å². The zero-order chi connectivity index (χ0) is 33.8. The van der Waals surface area contributed by atoms with Gasteiger partial charge < -0.3 is 24.0 Å². The lowest BCUT2D eigenvalue weighted by atomic mass is 10.1. The molecular weight excluding hydrogens is 614 g/mol. The largest absolute Gasteiger partial charge is 0.493 e. The van der Waals surface area contributed by atoms with E-state index in [1.54, 1.807) is 16.7 Å². The van der Waals surface area contributed by atoms with Gasteiger partial charge in [-0.3, -0.25) is 14.5 Å². The highest BCUT2D eigenvalue weighted by atomic mass is 19.1. The minimum atomic E-state index is -0.839. The maximum Gasteiger partial charge on any atom is 0.261 e. The number of carbonyl (C=O) groups is 1. The van der Waals surface area contributed by atoms with Crippen molar-refractivity contribution in [1.82, 2.24) is 14.5 Å². The first-order valence-electron chi connectivity index (χ1n) is 16.9. The third-order valence-corrected chi connectivity index (χ3v) is 9.80. The standard InChI is InChI=1S/C37H44F2N6O3/c1-26-21-30(9-11-33(26)48-20-8-6-4-5-7-16-45-17-13-43(14-18-45)15-19-45)44-25-32(37(47)40-29-23-27(38)22-28(39)24-29)35(46)31-10-12-34(42(2)3)41-36(31)44/h9-12,21-25H,4-8,13-20H2,1-3H3/p+1. The molecule has 0 saturated carbocycles. The molecule has 11 heteroatoms. The smallest absolute Gasteiger partial charge is 0.261 e. The van der Waals surface area contributed by atoms with Crippen LogP contribution in [0.5, 0.6) is 5.75 Å². The van der Waals surface area contributed by atoms with Crippen LogP contribution in [0.3, 0.4) is 0 Å². The number of piperazine rings is 3. The highest BCUT2D eigenvalue weighted by Gasteiger charge is 2.37. The summed E-state index contributed by atoms with van der Waals surface area (Å²) >= 11 is 0. The summed E-state index contributed by atoms with van der Waals surface area (Å²) in [5, 5.41) is 2.69. The summed E-state index contributed by atoms with van der Waals surface area (Å²) in [4.78, 5) is 36.0. The lowest BCUT2D eigenvalue weighted by Crippen LogP contribution is -2.67. The number of fused-ring (bicyclic) bond motifs is 4. The second-order valence-electron chi connectivity index (χ2n) is 13.4. The van der Waals surface area contributed by atoms with Gasteiger partial charge in [-0.15, -0.1) is 0 Å². The van der Waals surface area contributed by atoms with Gasteiger partial charge in [0.1, 0.15) is 28.8 Å². The topological polar surface area (TPSA) is 79.7 Å². The Bertz CT molecular complexity index is 1820. The molecule has 0 atom stereocenters. The number of nitrogens with one attached hydrogen (secondary N) is 1. The number of ether oxygens (including phenoxy) is 1. The number of rotatable bonds is 13. The molecule has 3 fully saturated rings. The number of halogens is 2. The van der Waals surface area contributed by atoms with Gasteiger partial charge in [-0.05, 0) is 74.2 Å². The molecule has 0 spiro atoms. The number of pyridine rings is 2. The third-order valence-electron chi connectivity index (χ3n) is 9.80. The number of unbranched alkanes of at least 4 members (excludes halogenated alkanes) is 4. The van der Waals surface area contributed by atoms with Crippen molar-refractivity contribution in [2.24, 2.45) is 0 Å². The van der Waals surface area contributed by atoms with Crippen LogP contribution in [0.1, 0.15) is 48.0 Å². The number of quaternary nitrogens is 1. The fraction of sp³-hybridized carbons (Fsp3) is 0.432. The predicted octanol–water partition coefficient (Wildman–Crippen LogP) is 5.77. The van der Waals surface area contributed by atoms with Crippen LogP contribution in [0, 0.1) is 18.6 Å². The summed E-state index contributed by atoms with van der Waals surface area (Å²) in [6.45, 7) is 11.7. The molecule has 48 heavy (non-hydrogen) atoms. The Labute approximate surface area is 280 Å². The number of aromatic nitrogens is 2. The molecule has 3 aliphatic rings. The second-order valence-corrected chi connectivity index (χ2v) is 13.4. The third kappa shape index (κ3) is 7.52. The first-order valence-corrected chi connectivity index (χ1v) is 16.9. The molecule has 1 amide bonds. The molecule has 4 aromatic rings. The molecular formula is C37H45F2N6O3+. The van der Waals surface area contributed by atoms with Gasteiger partial charge in [-0.1, -0.05) is 12.8 Å². The molecule has 0 unspecified atom stereocenters. The average molecular weight is 660 g/mol. The molecule has 9 nitrogen and oxygen atoms in total. The molecule has 0 radical (unpaired) electrons. The molecule has 254 valence electrons. The van der Waals surface area contributed by atoms with Gasteiger partial charge in [0.25, 0.3) is 5.91 Å². The Hall–Kier alpha value is -4.35. The number of nitrogens with zero attached hydrogens (tertiary/aromatic N) is 5. The van der Waals surface area contributed by atoms with Gasteiger partial charge >= 0.3 is 0 Å². The van der Waals surface area contributed by atoms with Crippen LogP contribution in [0.4, 0.5) is 20.3 Å². The van der Waals surface area contributed by atoms with E-state index in [4.69, 9.17) is 9.72 Å². The van der Waals surface area contributed by atoms with Gasteiger partial charge in [0.2, 0.25) is 5.43 Å². The van der Waals surface area contributed by atoms with Crippen molar-refractivity contribution in [3.63, 3.8) is 0 Å². The summed E-state index contributed by atoms with van der Waals surface area (Å²) in [5.41, 5.74) is 1.14. The van der Waals surface area contributed by atoms with E-state index in [1.807, 2.05) is 44.1 Å². The minimum absolute atomic E-state index is 0.0920. The minimum Gasteiger partial charge on any atom is -0.493 e. The normalized spacial score (nSPS) is 18.6. The van der Waals surface area contributed by atoms with E-state index in [1.165, 1.54) is 75.8 Å². The molecule has 0 aliphatic carbocycles. The summed E-state index contributed by atoms with van der Waals surface area (Å²) in [6, 6.07) is 11.7. The van der Waals surface area contributed by atoms with Crippen molar-refractivity contribution in [3.8, 4) is 11.4 Å². The van der Waals surface area contributed by atoms with Crippen LogP contribution in [0.2, 0.25) is 0 Å². The van der Waals surface area contributed by atoms with E-state index in [9.17, 15) is 18.4 Å². The molecule has 1 N–H and O–H groups in total. The fourth-order valence-corrected chi connectivity index (χ4v) is 6.90. The van der Waals surface area contributed by atoms with Crippen molar-refractivity contribution in [3.05, 3.63) is 87.7 Å². The average Bonchev–Trinajstić information content (AvgIpc) is 3.07. The Kier molecular flexibility index (Phi) is 10.1. The van der Waals surface area contributed by atoms with Crippen molar-refractivity contribution >= 4 is 28.4 Å². The predicted molar refractivity (Wildman–Crippen MR) is 185 cm³/mol. The van der Waals surface area contributed by atoms with E-state index in [-0.39, 0.29) is 16.6 Å². The summed E-state index contributed by atoms with van der Waals surface area (Å²) in [6.07, 6.45) is 7.35. The van der Waals surface area contributed by atoms with Crippen LogP contribution in [0.25, 0.3) is 16.7 Å². The zero-order valence-corrected chi connectivity index (χ0v) is 28.1. The molecule has 2 bridgehead atoms. The lowest BCUT2D eigenvalue weighted by Gasteiger charge is -2.50. The SMILES string of the molecule is Cc1cc(-n2cc(C(=O)Nc3cc(F)cc(F)c3)c(=O)c3ccc(N(C)C)nc32)ccc1OCCCCCCC[N+]12CCN(CC1)CC2. The highest BCUT2D eigenvalue weighted by Crippen LogP contribution is 2.26. The Morgan fingerprint density at radius 1 is 0.938 bits per heavy atom. The van der Waals surface area contributed by atoms with Crippen LogP contribution in [-0.2, 0) is 0 Å². The number of hydrogen-bond acceptors (Lipinski definition) is 6. The molecule has 2 aromatic carbocycles. The van der Waals surface area contributed by atoms with E-state index < -0.39 is 23.0 Å². The second kappa shape index (κ2) is 14.4. The zero-order valence-electron chi connectivity index (χ0n) is 28.1. The Morgan fingerprint density at radius 3 is 2.31 bits per heavy atom. The van der Waals surface area contributed by atoms with Gasteiger partial charge in [0.15, 0.2) is 5.65 Å². The van der Waals surface area contributed by atoms with Crippen LogP contribution < -0.4 is 20.4 Å². The highest BCUT2D eigenvalue weighted by molar-refractivity contribution is 6.05. The lowest BCUT2D eigenvalue weighted by molar-refractivity contribution is -0.941. The number of benzene rings is 2. The fourth-order valence-electron chi connectivity index (χ4n) is 6.90. The van der Waals surface area contributed by atoms with Crippen molar-refractivity contribution < 1.29 is 22.8 Å².